The van der Waals surface area contributed by atoms with Gasteiger partial charge in [-0.3, -0.25) is 4.98 Å². The van der Waals surface area contributed by atoms with Gasteiger partial charge in [0.2, 0.25) is 0 Å². The summed E-state index contributed by atoms with van der Waals surface area (Å²) in [4.78, 5) is 4.60. The Morgan fingerprint density at radius 1 is 1.35 bits per heavy atom. The third kappa shape index (κ3) is 3.45. The highest BCUT2D eigenvalue weighted by Gasteiger charge is 2.38. The lowest BCUT2D eigenvalue weighted by Crippen LogP contribution is -2.21. The van der Waals surface area contributed by atoms with Crippen LogP contribution in [0.5, 0.6) is 0 Å². The molecule has 3 rings (SSSR count). The highest BCUT2D eigenvalue weighted by atomic mass is 79.9. The Hall–Kier alpha value is -0.950. The van der Waals surface area contributed by atoms with Crippen molar-refractivity contribution in [3.63, 3.8) is 0 Å². The normalized spacial score (nSPS) is 21.5. The minimum atomic E-state index is -3.43. The predicted molar refractivity (Wildman–Crippen MR) is 92.4 cm³/mol. The van der Waals surface area contributed by atoms with Crippen LogP contribution in [0.1, 0.15) is 23.8 Å². The second kappa shape index (κ2) is 6.51. The van der Waals surface area contributed by atoms with E-state index in [0.29, 0.717) is 22.0 Å². The molecule has 23 heavy (non-hydrogen) atoms. The number of hydrogen-bond acceptors (Lipinski definition) is 4. The number of aryl methyl sites for hydroxylation is 1. The highest BCUT2D eigenvalue weighted by Crippen LogP contribution is 2.37. The fourth-order valence-corrected chi connectivity index (χ4v) is 5.09. The minimum absolute atomic E-state index is 0.148. The lowest BCUT2D eigenvalue weighted by atomic mass is 10.1. The standard InChI is InChI=1S/C16H15BrClNO3S/c1-10-3-2-4-12(5-10)23(20,21)13-7-15(22-9-13)16-14(18)6-11(17)8-19-16/h2-6,8,13,15H,7,9H2,1H3. The number of aromatic nitrogens is 1. The molecule has 1 aromatic heterocycles. The summed E-state index contributed by atoms with van der Waals surface area (Å²) in [6.07, 6.45) is 1.58. The third-order valence-electron chi connectivity index (χ3n) is 3.86. The first-order valence-corrected chi connectivity index (χ1v) is 9.83. The summed E-state index contributed by atoms with van der Waals surface area (Å²) in [5.41, 5.74) is 1.50. The van der Waals surface area contributed by atoms with E-state index < -0.39 is 21.2 Å². The van der Waals surface area contributed by atoms with Gasteiger partial charge in [-0.15, -0.1) is 0 Å². The van der Waals surface area contributed by atoms with E-state index in [1.54, 1.807) is 30.5 Å². The van der Waals surface area contributed by atoms with Crippen molar-refractivity contribution in [1.29, 1.82) is 0 Å². The number of rotatable bonds is 3. The van der Waals surface area contributed by atoms with Gasteiger partial charge in [0, 0.05) is 10.7 Å². The summed E-state index contributed by atoms with van der Waals surface area (Å²) in [5, 5.41) is -0.117. The van der Waals surface area contributed by atoms with Gasteiger partial charge in [0.15, 0.2) is 9.84 Å². The average Bonchev–Trinajstić information content (AvgIpc) is 2.97. The molecule has 1 fully saturated rings. The molecule has 0 N–H and O–H groups in total. The van der Waals surface area contributed by atoms with Crippen LogP contribution >= 0.6 is 27.5 Å². The van der Waals surface area contributed by atoms with Crippen LogP contribution in [0.4, 0.5) is 0 Å². The molecule has 122 valence electrons. The van der Waals surface area contributed by atoms with E-state index in [9.17, 15) is 8.42 Å². The Morgan fingerprint density at radius 3 is 2.83 bits per heavy atom. The molecule has 0 bridgehead atoms. The molecule has 7 heteroatoms. The summed E-state index contributed by atoms with van der Waals surface area (Å²) in [6, 6.07) is 8.67. The van der Waals surface area contributed by atoms with Crippen LogP contribution < -0.4 is 0 Å². The van der Waals surface area contributed by atoms with Crippen LogP contribution in [0.3, 0.4) is 0 Å². The Labute approximate surface area is 148 Å². The van der Waals surface area contributed by atoms with Gasteiger partial charge >= 0.3 is 0 Å². The fraction of sp³-hybridized carbons (Fsp3) is 0.312. The molecule has 1 saturated heterocycles. The van der Waals surface area contributed by atoms with Crippen LogP contribution in [0.25, 0.3) is 0 Å². The zero-order valence-electron chi connectivity index (χ0n) is 12.4. The Balaban J connectivity index is 1.84. The fourth-order valence-electron chi connectivity index (χ4n) is 2.65. The van der Waals surface area contributed by atoms with E-state index in [2.05, 4.69) is 20.9 Å². The molecular formula is C16H15BrClNO3S. The van der Waals surface area contributed by atoms with Gasteiger partial charge in [-0.05, 0) is 53.0 Å². The van der Waals surface area contributed by atoms with E-state index >= 15 is 0 Å². The predicted octanol–water partition coefficient (Wildman–Crippen LogP) is 4.11. The quantitative estimate of drug-likeness (QED) is 0.755. The number of benzene rings is 1. The van der Waals surface area contributed by atoms with Crippen molar-refractivity contribution < 1.29 is 13.2 Å². The number of pyridine rings is 1. The van der Waals surface area contributed by atoms with Crippen LogP contribution in [0.15, 0.2) is 45.9 Å². The molecule has 2 atom stereocenters. The molecule has 2 aromatic rings. The summed E-state index contributed by atoms with van der Waals surface area (Å²) in [6.45, 7) is 2.02. The smallest absolute Gasteiger partial charge is 0.183 e. The van der Waals surface area contributed by atoms with E-state index in [4.69, 9.17) is 16.3 Å². The lowest BCUT2D eigenvalue weighted by Gasteiger charge is -2.12. The lowest BCUT2D eigenvalue weighted by molar-refractivity contribution is 0.109. The molecule has 2 unspecified atom stereocenters. The van der Waals surface area contributed by atoms with Gasteiger partial charge in [0.1, 0.15) is 6.10 Å². The van der Waals surface area contributed by atoms with Gasteiger partial charge in [0.05, 0.1) is 27.5 Å². The maximum Gasteiger partial charge on any atom is 0.183 e. The maximum absolute atomic E-state index is 12.8. The first kappa shape index (κ1) is 16.9. The van der Waals surface area contributed by atoms with Crippen molar-refractivity contribution in [3.05, 3.63) is 57.3 Å². The molecule has 2 heterocycles. The minimum Gasteiger partial charge on any atom is -0.370 e. The summed E-state index contributed by atoms with van der Waals surface area (Å²) in [5.74, 6) is 0. The number of halogens is 2. The monoisotopic (exact) mass is 415 g/mol. The van der Waals surface area contributed by atoms with Crippen LogP contribution in [0, 0.1) is 6.92 Å². The maximum atomic E-state index is 12.8. The summed E-state index contributed by atoms with van der Waals surface area (Å²) < 4.78 is 32.0. The summed E-state index contributed by atoms with van der Waals surface area (Å²) in [7, 11) is -3.43. The van der Waals surface area contributed by atoms with Gasteiger partial charge in [0.25, 0.3) is 0 Å². The average molecular weight is 417 g/mol. The zero-order valence-corrected chi connectivity index (χ0v) is 15.5. The van der Waals surface area contributed by atoms with E-state index in [-0.39, 0.29) is 6.61 Å². The van der Waals surface area contributed by atoms with Crippen molar-refractivity contribution in [2.45, 2.75) is 29.6 Å². The summed E-state index contributed by atoms with van der Waals surface area (Å²) >= 11 is 9.49. The van der Waals surface area contributed by atoms with E-state index in [0.717, 1.165) is 10.0 Å². The molecule has 0 saturated carbocycles. The van der Waals surface area contributed by atoms with E-state index in [1.165, 1.54) is 0 Å². The Kier molecular flexibility index (Phi) is 4.78. The van der Waals surface area contributed by atoms with Gasteiger partial charge < -0.3 is 4.74 Å². The van der Waals surface area contributed by atoms with Gasteiger partial charge in [-0.1, -0.05) is 23.7 Å². The number of nitrogens with zero attached hydrogens (tertiary/aromatic N) is 1. The molecule has 1 aliphatic rings. The van der Waals surface area contributed by atoms with Crippen LogP contribution in [-0.2, 0) is 14.6 Å². The van der Waals surface area contributed by atoms with Crippen LogP contribution in [-0.4, -0.2) is 25.3 Å². The van der Waals surface area contributed by atoms with Crippen molar-refractivity contribution in [2.24, 2.45) is 0 Å². The van der Waals surface area contributed by atoms with Crippen LogP contribution in [0.2, 0.25) is 5.02 Å². The molecular weight excluding hydrogens is 402 g/mol. The third-order valence-corrected chi connectivity index (χ3v) is 6.71. The first-order chi connectivity index (χ1) is 10.9. The second-order valence-electron chi connectivity index (χ2n) is 5.56. The number of ether oxygens (including phenoxy) is 1. The molecule has 0 radical (unpaired) electrons. The molecule has 0 aliphatic carbocycles. The van der Waals surface area contributed by atoms with Crippen molar-refractivity contribution in [2.75, 3.05) is 6.61 Å². The van der Waals surface area contributed by atoms with Gasteiger partial charge in [-0.2, -0.15) is 0 Å². The largest absolute Gasteiger partial charge is 0.370 e. The number of sulfone groups is 1. The highest BCUT2D eigenvalue weighted by molar-refractivity contribution is 9.10. The Morgan fingerprint density at radius 2 is 2.13 bits per heavy atom. The van der Waals surface area contributed by atoms with Crippen molar-refractivity contribution in [3.8, 4) is 0 Å². The SMILES string of the molecule is Cc1cccc(S(=O)(=O)C2COC(c3ncc(Br)cc3Cl)C2)c1. The van der Waals surface area contributed by atoms with Crippen molar-refractivity contribution >= 4 is 37.4 Å². The topological polar surface area (TPSA) is 56.3 Å². The molecule has 1 aromatic carbocycles. The van der Waals surface area contributed by atoms with Gasteiger partial charge in [-0.25, -0.2) is 8.42 Å². The second-order valence-corrected chi connectivity index (χ2v) is 9.11. The van der Waals surface area contributed by atoms with E-state index in [1.807, 2.05) is 13.0 Å². The van der Waals surface area contributed by atoms with Crippen molar-refractivity contribution in [1.82, 2.24) is 4.98 Å². The first-order valence-electron chi connectivity index (χ1n) is 7.11. The molecule has 0 spiro atoms. The zero-order chi connectivity index (χ0) is 16.6. The molecule has 1 aliphatic heterocycles. The molecule has 4 nitrogen and oxygen atoms in total. The Bertz CT molecular complexity index is 841. The number of hydrogen-bond donors (Lipinski definition) is 0. The molecule has 0 amide bonds.